The van der Waals surface area contributed by atoms with Gasteiger partial charge in [-0.1, -0.05) is 0 Å². The number of H-pyrrole nitrogens is 1. The van der Waals surface area contributed by atoms with Crippen LogP contribution in [-0.2, 0) is 0 Å². The van der Waals surface area contributed by atoms with E-state index in [9.17, 15) is 10.1 Å². The quantitative estimate of drug-likeness (QED) is 0.610. The largest absolute Gasteiger partial charge is 0.344 e. The Morgan fingerprint density at radius 2 is 2.50 bits per heavy atom. The van der Waals surface area contributed by atoms with Crippen molar-refractivity contribution in [3.63, 3.8) is 0 Å². The number of hydrogen-bond acceptors (Lipinski definition) is 8. The predicted octanol–water partition coefficient (Wildman–Crippen LogP) is 0.716. The third-order valence-corrected chi connectivity index (χ3v) is 3.05. The SMILES string of the molecule is O=[N+]([O-])c1cnc(Sc2nnn[nH]2)s1. The first-order chi connectivity index (χ1) is 6.75. The van der Waals surface area contributed by atoms with Crippen molar-refractivity contribution in [2.45, 2.75) is 9.50 Å². The Bertz CT molecular complexity index is 438. The standard InChI is InChI=1S/C4H2N6O2S2/c11-10(12)2-1-5-4(13-2)14-3-6-8-9-7-3/h1H,(H,6,7,8,9). The van der Waals surface area contributed by atoms with Gasteiger partial charge in [-0.2, -0.15) is 0 Å². The molecule has 14 heavy (non-hydrogen) atoms. The van der Waals surface area contributed by atoms with Gasteiger partial charge in [0.25, 0.3) is 0 Å². The van der Waals surface area contributed by atoms with Gasteiger partial charge in [0.2, 0.25) is 5.16 Å². The van der Waals surface area contributed by atoms with Crippen molar-refractivity contribution in [3.05, 3.63) is 16.3 Å². The summed E-state index contributed by atoms with van der Waals surface area (Å²) in [5.74, 6) is 0. The number of tetrazole rings is 1. The van der Waals surface area contributed by atoms with Crippen molar-refractivity contribution < 1.29 is 4.92 Å². The number of nitro groups is 1. The Hall–Kier alpha value is -1.55. The minimum atomic E-state index is -0.486. The summed E-state index contributed by atoms with van der Waals surface area (Å²) in [5, 5.41) is 23.6. The second-order valence-corrected chi connectivity index (χ2v) is 4.28. The number of nitrogens with one attached hydrogen (secondary N) is 1. The first-order valence-electron chi connectivity index (χ1n) is 3.27. The molecule has 0 saturated carbocycles. The molecule has 8 nitrogen and oxygen atoms in total. The summed E-state index contributed by atoms with van der Waals surface area (Å²) < 4.78 is 0.523. The highest BCUT2D eigenvalue weighted by Crippen LogP contribution is 2.31. The maximum absolute atomic E-state index is 10.3. The van der Waals surface area contributed by atoms with Crippen LogP contribution in [0.1, 0.15) is 0 Å². The molecule has 2 aromatic heterocycles. The van der Waals surface area contributed by atoms with E-state index in [2.05, 4.69) is 25.6 Å². The van der Waals surface area contributed by atoms with E-state index in [0.29, 0.717) is 9.50 Å². The Labute approximate surface area is 84.9 Å². The fraction of sp³-hybridized carbons (Fsp3) is 0. The number of aromatic nitrogens is 5. The van der Waals surface area contributed by atoms with Gasteiger partial charge in [0, 0.05) is 0 Å². The number of nitrogens with zero attached hydrogens (tertiary/aromatic N) is 5. The van der Waals surface area contributed by atoms with Crippen LogP contribution in [0.5, 0.6) is 0 Å². The van der Waals surface area contributed by atoms with Gasteiger partial charge < -0.3 is 0 Å². The van der Waals surface area contributed by atoms with Gasteiger partial charge in [-0.3, -0.25) is 10.1 Å². The molecule has 2 rings (SSSR count). The van der Waals surface area contributed by atoms with Crippen LogP contribution in [0.3, 0.4) is 0 Å². The summed E-state index contributed by atoms with van der Waals surface area (Å²) in [7, 11) is 0. The van der Waals surface area contributed by atoms with Gasteiger partial charge in [0.15, 0.2) is 4.34 Å². The Morgan fingerprint density at radius 3 is 3.07 bits per heavy atom. The molecule has 0 aromatic carbocycles. The lowest BCUT2D eigenvalue weighted by Gasteiger charge is -1.85. The molecular weight excluding hydrogens is 228 g/mol. The summed E-state index contributed by atoms with van der Waals surface area (Å²) >= 11 is 2.12. The molecular formula is C4H2N6O2S2. The highest BCUT2D eigenvalue weighted by atomic mass is 32.2. The first kappa shape index (κ1) is 9.02. The zero-order valence-electron chi connectivity index (χ0n) is 6.45. The zero-order valence-corrected chi connectivity index (χ0v) is 8.08. The van der Waals surface area contributed by atoms with Crippen molar-refractivity contribution in [2.24, 2.45) is 0 Å². The van der Waals surface area contributed by atoms with Crippen LogP contribution in [0.25, 0.3) is 0 Å². The van der Waals surface area contributed by atoms with E-state index in [-0.39, 0.29) is 5.00 Å². The smallest absolute Gasteiger partial charge is 0.257 e. The van der Waals surface area contributed by atoms with Crippen LogP contribution in [0, 0.1) is 10.1 Å². The summed E-state index contributed by atoms with van der Waals surface area (Å²) in [6.45, 7) is 0. The lowest BCUT2D eigenvalue weighted by molar-refractivity contribution is -0.380. The molecule has 2 heterocycles. The molecule has 0 aliphatic heterocycles. The minimum Gasteiger partial charge on any atom is -0.257 e. The van der Waals surface area contributed by atoms with Crippen molar-refractivity contribution in [2.75, 3.05) is 0 Å². The van der Waals surface area contributed by atoms with Crippen molar-refractivity contribution in [3.8, 4) is 0 Å². The van der Waals surface area contributed by atoms with Crippen molar-refractivity contribution in [1.29, 1.82) is 0 Å². The Balaban J connectivity index is 2.14. The molecule has 0 radical (unpaired) electrons. The van der Waals surface area contributed by atoms with Crippen LogP contribution >= 0.6 is 23.1 Å². The maximum Gasteiger partial charge on any atom is 0.344 e. The molecule has 10 heteroatoms. The molecule has 0 aliphatic carbocycles. The van der Waals surface area contributed by atoms with Gasteiger partial charge in [0.1, 0.15) is 6.20 Å². The predicted molar refractivity (Wildman–Crippen MR) is 47.1 cm³/mol. The third kappa shape index (κ3) is 1.85. The fourth-order valence-corrected chi connectivity index (χ4v) is 2.22. The number of hydrogen-bond donors (Lipinski definition) is 1. The first-order valence-corrected chi connectivity index (χ1v) is 4.91. The van der Waals surface area contributed by atoms with Crippen molar-refractivity contribution >= 4 is 28.1 Å². The average molecular weight is 230 g/mol. The number of rotatable bonds is 3. The number of aromatic amines is 1. The fourth-order valence-electron chi connectivity index (χ4n) is 0.658. The van der Waals surface area contributed by atoms with E-state index in [1.807, 2.05) is 0 Å². The van der Waals surface area contributed by atoms with Crippen LogP contribution in [0.4, 0.5) is 5.00 Å². The highest BCUT2D eigenvalue weighted by Gasteiger charge is 2.13. The van der Waals surface area contributed by atoms with Gasteiger partial charge >= 0.3 is 5.00 Å². The van der Waals surface area contributed by atoms with Crippen LogP contribution in [0.2, 0.25) is 0 Å². The normalized spacial score (nSPS) is 10.3. The summed E-state index contributed by atoms with van der Waals surface area (Å²) in [5.41, 5.74) is 0. The Morgan fingerprint density at radius 1 is 1.64 bits per heavy atom. The average Bonchev–Trinajstić information content (AvgIpc) is 2.75. The second-order valence-electron chi connectivity index (χ2n) is 2.03. The third-order valence-electron chi connectivity index (χ3n) is 1.16. The Kier molecular flexibility index (Phi) is 2.37. The molecule has 0 saturated heterocycles. The molecule has 0 amide bonds. The van der Waals surface area contributed by atoms with Crippen LogP contribution in [-0.4, -0.2) is 30.5 Å². The minimum absolute atomic E-state index is 0.0000236. The van der Waals surface area contributed by atoms with E-state index in [4.69, 9.17) is 0 Å². The van der Waals surface area contributed by atoms with Gasteiger partial charge in [-0.15, -0.1) is 5.10 Å². The lowest BCUT2D eigenvalue weighted by atomic mass is 10.9. The molecule has 1 N–H and O–H groups in total. The zero-order chi connectivity index (χ0) is 9.97. The van der Waals surface area contributed by atoms with Gasteiger partial charge in [-0.05, 0) is 33.5 Å². The van der Waals surface area contributed by atoms with E-state index in [1.165, 1.54) is 6.20 Å². The van der Waals surface area contributed by atoms with Gasteiger partial charge in [-0.25, -0.2) is 10.1 Å². The maximum atomic E-state index is 10.3. The van der Waals surface area contributed by atoms with E-state index >= 15 is 0 Å². The summed E-state index contributed by atoms with van der Waals surface area (Å²) in [4.78, 5) is 13.7. The topological polar surface area (TPSA) is 110 Å². The molecule has 0 bridgehead atoms. The monoisotopic (exact) mass is 230 g/mol. The van der Waals surface area contributed by atoms with Gasteiger partial charge in [0.05, 0.1) is 4.92 Å². The van der Waals surface area contributed by atoms with Crippen molar-refractivity contribution in [1.82, 2.24) is 25.6 Å². The summed E-state index contributed by atoms with van der Waals surface area (Å²) in [6.07, 6.45) is 1.21. The molecule has 0 fully saturated rings. The molecule has 0 spiro atoms. The molecule has 0 atom stereocenters. The molecule has 0 unspecified atom stereocenters. The second kappa shape index (κ2) is 3.67. The number of thiazole rings is 1. The van der Waals surface area contributed by atoms with E-state index in [1.54, 1.807) is 0 Å². The highest BCUT2D eigenvalue weighted by molar-refractivity contribution is 8.00. The van der Waals surface area contributed by atoms with Crippen LogP contribution < -0.4 is 0 Å². The van der Waals surface area contributed by atoms with E-state index < -0.39 is 4.92 Å². The molecule has 0 aliphatic rings. The summed E-state index contributed by atoms with van der Waals surface area (Å²) in [6, 6.07) is 0. The molecule has 2 aromatic rings. The van der Waals surface area contributed by atoms with E-state index in [0.717, 1.165) is 23.1 Å². The molecule has 72 valence electrons. The lowest BCUT2D eigenvalue weighted by Crippen LogP contribution is -1.80. The van der Waals surface area contributed by atoms with Crippen LogP contribution in [0.15, 0.2) is 15.7 Å².